The fraction of sp³-hybridized carbons (Fsp3) is 0.167. The van der Waals surface area contributed by atoms with Gasteiger partial charge in [-0.2, -0.15) is 0 Å². The van der Waals surface area contributed by atoms with Gasteiger partial charge in [0.15, 0.2) is 0 Å². The average molecular weight is 387 g/mol. The Morgan fingerprint density at radius 3 is 2.24 bits per heavy atom. The largest absolute Gasteiger partial charge is 0.507 e. The maximum atomic E-state index is 13.0. The van der Waals surface area contributed by atoms with E-state index in [1.807, 2.05) is 30.3 Å². The van der Waals surface area contributed by atoms with Crippen molar-refractivity contribution in [2.24, 2.45) is 0 Å². The molecule has 0 aliphatic carbocycles. The standard InChI is InChI=1S/C24H21NO4/c1-15(2)16-10-12-18(13-11-16)25-21(19-9-6-14-29-19)20(23(27)24(25)28)22(26)17-7-4-3-5-8-17/h3-15,21,26H,1-2H3/b22-20-. The summed E-state index contributed by atoms with van der Waals surface area (Å²) in [5, 5.41) is 10.9. The Hall–Kier alpha value is -3.60. The minimum atomic E-state index is -0.838. The molecular formula is C24H21NO4. The molecule has 1 aliphatic rings. The normalized spacial score (nSPS) is 18.6. The Kier molecular flexibility index (Phi) is 4.80. The molecule has 146 valence electrons. The first-order valence-corrected chi connectivity index (χ1v) is 9.49. The molecule has 0 bridgehead atoms. The first-order valence-electron chi connectivity index (χ1n) is 9.49. The van der Waals surface area contributed by atoms with Crippen LogP contribution in [0.25, 0.3) is 5.76 Å². The van der Waals surface area contributed by atoms with Gasteiger partial charge in [-0.1, -0.05) is 56.3 Å². The second kappa shape index (κ2) is 7.43. The second-order valence-corrected chi connectivity index (χ2v) is 7.30. The molecule has 1 amide bonds. The summed E-state index contributed by atoms with van der Waals surface area (Å²) in [5.41, 5.74) is 2.19. The summed E-state index contributed by atoms with van der Waals surface area (Å²) < 4.78 is 5.55. The van der Waals surface area contributed by atoms with Gasteiger partial charge in [-0.05, 0) is 35.7 Å². The highest BCUT2D eigenvalue weighted by molar-refractivity contribution is 6.51. The van der Waals surface area contributed by atoms with Crippen LogP contribution in [0.15, 0.2) is 83.0 Å². The molecule has 4 rings (SSSR count). The number of aliphatic hydroxyl groups is 1. The van der Waals surface area contributed by atoms with Crippen molar-refractivity contribution in [1.29, 1.82) is 0 Å². The Morgan fingerprint density at radius 1 is 0.966 bits per heavy atom. The van der Waals surface area contributed by atoms with Crippen LogP contribution in [-0.2, 0) is 9.59 Å². The van der Waals surface area contributed by atoms with E-state index in [1.165, 1.54) is 11.2 Å². The smallest absolute Gasteiger partial charge is 0.300 e. The maximum Gasteiger partial charge on any atom is 0.300 e. The van der Waals surface area contributed by atoms with Crippen LogP contribution in [0.2, 0.25) is 0 Å². The molecule has 29 heavy (non-hydrogen) atoms. The van der Waals surface area contributed by atoms with Crippen molar-refractivity contribution >= 4 is 23.1 Å². The number of carbonyl (C=O) groups is 2. The first-order chi connectivity index (χ1) is 14.0. The predicted molar refractivity (Wildman–Crippen MR) is 110 cm³/mol. The summed E-state index contributed by atoms with van der Waals surface area (Å²) >= 11 is 0. The number of ketones is 1. The van der Waals surface area contributed by atoms with Crippen molar-refractivity contribution in [3.8, 4) is 0 Å². The number of nitrogens with zero attached hydrogens (tertiary/aromatic N) is 1. The van der Waals surface area contributed by atoms with Gasteiger partial charge < -0.3 is 9.52 Å². The zero-order valence-electron chi connectivity index (χ0n) is 16.2. The van der Waals surface area contributed by atoms with Crippen LogP contribution in [0.3, 0.4) is 0 Å². The van der Waals surface area contributed by atoms with Gasteiger partial charge in [0.1, 0.15) is 17.6 Å². The summed E-state index contributed by atoms with van der Waals surface area (Å²) in [4.78, 5) is 27.3. The molecule has 2 heterocycles. The van der Waals surface area contributed by atoms with Crippen LogP contribution in [0.5, 0.6) is 0 Å². The molecule has 1 N–H and O–H groups in total. The molecule has 1 aliphatic heterocycles. The van der Waals surface area contributed by atoms with Crippen LogP contribution >= 0.6 is 0 Å². The molecule has 2 aromatic carbocycles. The monoisotopic (exact) mass is 387 g/mol. The van der Waals surface area contributed by atoms with Crippen molar-refractivity contribution in [2.75, 3.05) is 4.90 Å². The number of hydrogen-bond donors (Lipinski definition) is 1. The molecule has 1 fully saturated rings. The van der Waals surface area contributed by atoms with Gasteiger partial charge >= 0.3 is 0 Å². The number of furan rings is 1. The number of hydrogen-bond acceptors (Lipinski definition) is 4. The molecule has 0 radical (unpaired) electrons. The number of rotatable bonds is 4. The van der Waals surface area contributed by atoms with Crippen LogP contribution in [0.4, 0.5) is 5.69 Å². The molecule has 5 heteroatoms. The van der Waals surface area contributed by atoms with E-state index >= 15 is 0 Å². The highest BCUT2D eigenvalue weighted by Crippen LogP contribution is 2.42. The Bertz CT molecular complexity index is 1060. The summed E-state index contributed by atoms with van der Waals surface area (Å²) in [7, 11) is 0. The third-order valence-corrected chi connectivity index (χ3v) is 5.14. The highest BCUT2D eigenvalue weighted by Gasteiger charge is 2.48. The van der Waals surface area contributed by atoms with E-state index in [1.54, 1.807) is 36.4 Å². The van der Waals surface area contributed by atoms with E-state index in [4.69, 9.17) is 4.42 Å². The van der Waals surface area contributed by atoms with Crippen LogP contribution in [-0.4, -0.2) is 16.8 Å². The molecule has 1 atom stereocenters. The fourth-order valence-corrected chi connectivity index (χ4v) is 3.59. The van der Waals surface area contributed by atoms with E-state index < -0.39 is 17.7 Å². The summed E-state index contributed by atoms with van der Waals surface area (Å²) in [6, 6.07) is 18.8. The number of carbonyl (C=O) groups excluding carboxylic acids is 2. The van der Waals surface area contributed by atoms with E-state index in [9.17, 15) is 14.7 Å². The first kappa shape index (κ1) is 18.7. The van der Waals surface area contributed by atoms with Crippen molar-refractivity contribution in [2.45, 2.75) is 25.8 Å². The van der Waals surface area contributed by atoms with Crippen molar-refractivity contribution in [3.05, 3.63) is 95.5 Å². The zero-order chi connectivity index (χ0) is 20.5. The lowest BCUT2D eigenvalue weighted by Gasteiger charge is -2.23. The number of aliphatic hydroxyl groups excluding tert-OH is 1. The fourth-order valence-electron chi connectivity index (χ4n) is 3.59. The lowest BCUT2D eigenvalue weighted by Crippen LogP contribution is -2.29. The zero-order valence-corrected chi connectivity index (χ0v) is 16.2. The van der Waals surface area contributed by atoms with E-state index in [2.05, 4.69) is 13.8 Å². The minimum absolute atomic E-state index is 0.0177. The van der Waals surface area contributed by atoms with E-state index in [-0.39, 0.29) is 11.3 Å². The minimum Gasteiger partial charge on any atom is -0.507 e. The van der Waals surface area contributed by atoms with Gasteiger partial charge in [0.25, 0.3) is 11.7 Å². The molecule has 1 aromatic heterocycles. The van der Waals surface area contributed by atoms with Crippen molar-refractivity contribution < 1.29 is 19.1 Å². The lowest BCUT2D eigenvalue weighted by atomic mass is 9.99. The van der Waals surface area contributed by atoms with Gasteiger partial charge in [0, 0.05) is 11.3 Å². The summed E-state index contributed by atoms with van der Waals surface area (Å²) in [6.07, 6.45) is 1.49. The van der Waals surface area contributed by atoms with Gasteiger partial charge in [-0.3, -0.25) is 14.5 Å². The van der Waals surface area contributed by atoms with Crippen molar-refractivity contribution in [3.63, 3.8) is 0 Å². The Morgan fingerprint density at radius 2 is 1.66 bits per heavy atom. The van der Waals surface area contributed by atoms with Crippen LogP contribution < -0.4 is 4.90 Å². The van der Waals surface area contributed by atoms with E-state index in [0.29, 0.717) is 22.9 Å². The number of amides is 1. The predicted octanol–water partition coefficient (Wildman–Crippen LogP) is 5.03. The third kappa shape index (κ3) is 3.25. The number of benzene rings is 2. The Labute approximate surface area is 168 Å². The summed E-state index contributed by atoms with van der Waals surface area (Å²) in [6.45, 7) is 4.17. The topological polar surface area (TPSA) is 70.8 Å². The quantitative estimate of drug-likeness (QED) is 0.387. The summed E-state index contributed by atoms with van der Waals surface area (Å²) in [5.74, 6) is -0.887. The lowest BCUT2D eigenvalue weighted by molar-refractivity contribution is -0.132. The molecule has 0 spiro atoms. The van der Waals surface area contributed by atoms with Crippen LogP contribution in [0, 0.1) is 0 Å². The maximum absolute atomic E-state index is 13.0. The van der Waals surface area contributed by atoms with Crippen molar-refractivity contribution in [1.82, 2.24) is 0 Å². The van der Waals surface area contributed by atoms with Gasteiger partial charge in [0.2, 0.25) is 0 Å². The average Bonchev–Trinajstić information content (AvgIpc) is 3.35. The highest BCUT2D eigenvalue weighted by atomic mass is 16.3. The SMILES string of the molecule is CC(C)c1ccc(N2C(=O)C(=O)/C(=C(\O)c3ccccc3)C2c2ccco2)cc1. The molecule has 0 saturated carbocycles. The van der Waals surface area contributed by atoms with Gasteiger partial charge in [-0.15, -0.1) is 0 Å². The number of Topliss-reactive ketones (excluding diaryl/α,β-unsaturated/α-hetero) is 1. The molecule has 1 unspecified atom stereocenters. The number of anilines is 1. The van der Waals surface area contributed by atoms with Gasteiger partial charge in [-0.25, -0.2) is 0 Å². The Balaban J connectivity index is 1.88. The molecule has 5 nitrogen and oxygen atoms in total. The molecular weight excluding hydrogens is 366 g/mol. The van der Waals surface area contributed by atoms with Crippen LogP contribution in [0.1, 0.15) is 42.7 Å². The van der Waals surface area contributed by atoms with Gasteiger partial charge in [0.05, 0.1) is 11.8 Å². The third-order valence-electron chi connectivity index (χ3n) is 5.14. The molecule has 1 saturated heterocycles. The second-order valence-electron chi connectivity index (χ2n) is 7.30. The molecule has 3 aromatic rings. The van der Waals surface area contributed by atoms with E-state index in [0.717, 1.165) is 5.56 Å².